The third-order valence-electron chi connectivity index (χ3n) is 2.89. The maximum absolute atomic E-state index is 13.3. The van der Waals surface area contributed by atoms with Gasteiger partial charge in [-0.1, -0.05) is 0 Å². The molecule has 1 aliphatic rings. The Hall–Kier alpha value is -1.51. The van der Waals surface area contributed by atoms with Crippen molar-refractivity contribution in [1.82, 2.24) is 9.55 Å². The standard InChI is InChI=1S/C10H12FN3O5.3H3O4P/c1-3-6(15)7(16)10(19-3)14-2-4(11)13-5(8(12)17)9(14)18;3*1-5(2,3)4/h2-3,6-7,10,15-16H,1H3,(H2,12,17);3*(H3,1,2,3,4)/t3-,6-,7-,10-;;;/m1.../s1. The van der Waals surface area contributed by atoms with E-state index in [0.717, 1.165) is 0 Å². The average Bonchev–Trinajstić information content (AvgIpc) is 2.79. The largest absolute Gasteiger partial charge is 0.466 e. The lowest BCUT2D eigenvalue weighted by Crippen LogP contribution is -2.38. The zero-order valence-corrected chi connectivity index (χ0v) is 19.1. The molecule has 1 saturated heterocycles. The molecular formula is C10H21FN3O17P3. The van der Waals surface area contributed by atoms with E-state index in [-0.39, 0.29) is 0 Å². The number of halogens is 1. The quantitative estimate of drug-likeness (QED) is 0.149. The van der Waals surface area contributed by atoms with E-state index in [9.17, 15) is 24.2 Å². The molecule has 200 valence electrons. The Labute approximate surface area is 187 Å². The van der Waals surface area contributed by atoms with Gasteiger partial charge in [0.1, 0.15) is 12.2 Å². The number of hydrogen-bond acceptors (Lipinski definition) is 9. The van der Waals surface area contributed by atoms with Crippen LogP contribution in [0.3, 0.4) is 0 Å². The number of carbonyl (C=O) groups is 1. The molecule has 34 heavy (non-hydrogen) atoms. The number of aromatic nitrogens is 2. The van der Waals surface area contributed by atoms with Crippen molar-refractivity contribution in [3.8, 4) is 0 Å². The summed E-state index contributed by atoms with van der Waals surface area (Å²) >= 11 is 0. The second-order valence-electron chi connectivity index (χ2n) is 5.74. The van der Waals surface area contributed by atoms with Crippen LogP contribution in [0.2, 0.25) is 0 Å². The van der Waals surface area contributed by atoms with Crippen molar-refractivity contribution < 1.29 is 81.9 Å². The van der Waals surface area contributed by atoms with Gasteiger partial charge in [0.05, 0.1) is 12.3 Å². The molecule has 1 fully saturated rings. The lowest BCUT2D eigenvalue weighted by atomic mass is 10.1. The molecule has 0 aliphatic carbocycles. The first-order valence-electron chi connectivity index (χ1n) is 7.77. The topological polar surface area (TPSA) is 361 Å². The number of aliphatic hydroxyl groups is 2. The van der Waals surface area contributed by atoms with Crippen LogP contribution < -0.4 is 11.3 Å². The predicted octanol–water partition coefficient (Wildman–Crippen LogP) is -4.67. The first kappa shape index (κ1) is 34.7. The molecule has 0 unspecified atom stereocenters. The number of amides is 1. The summed E-state index contributed by atoms with van der Waals surface area (Å²) in [5, 5.41) is 19.3. The maximum atomic E-state index is 13.3. The number of primary amides is 1. The molecule has 0 aromatic carbocycles. The molecule has 24 heteroatoms. The van der Waals surface area contributed by atoms with Gasteiger partial charge in [0.15, 0.2) is 11.9 Å². The van der Waals surface area contributed by atoms with Crippen LogP contribution in [-0.2, 0) is 18.4 Å². The van der Waals surface area contributed by atoms with Gasteiger partial charge in [0.25, 0.3) is 11.5 Å². The molecule has 20 nitrogen and oxygen atoms in total. The van der Waals surface area contributed by atoms with E-state index in [1.54, 1.807) is 0 Å². The Morgan fingerprint density at radius 1 is 0.971 bits per heavy atom. The fourth-order valence-electron chi connectivity index (χ4n) is 1.89. The summed E-state index contributed by atoms with van der Waals surface area (Å²) in [6, 6.07) is 0. The molecule has 13 N–H and O–H groups in total. The summed E-state index contributed by atoms with van der Waals surface area (Å²) < 4.78 is 45.7. The van der Waals surface area contributed by atoms with Crippen molar-refractivity contribution in [1.29, 1.82) is 0 Å². The molecule has 1 aromatic rings. The van der Waals surface area contributed by atoms with E-state index >= 15 is 0 Å². The minimum atomic E-state index is -4.64. The fraction of sp³-hybridized carbons (Fsp3) is 0.500. The Morgan fingerprint density at radius 3 is 1.59 bits per heavy atom. The van der Waals surface area contributed by atoms with Gasteiger partial charge in [0.2, 0.25) is 5.95 Å². The van der Waals surface area contributed by atoms with Crippen molar-refractivity contribution in [2.45, 2.75) is 31.5 Å². The number of ether oxygens (including phenoxy) is 1. The molecular weight excluding hydrogens is 546 g/mol. The van der Waals surface area contributed by atoms with Crippen LogP contribution in [0.15, 0.2) is 11.0 Å². The highest BCUT2D eigenvalue weighted by Gasteiger charge is 2.42. The summed E-state index contributed by atoms with van der Waals surface area (Å²) in [7, 11) is -13.9. The van der Waals surface area contributed by atoms with Gasteiger partial charge in [-0.2, -0.15) is 4.39 Å². The van der Waals surface area contributed by atoms with Crippen LogP contribution in [0.4, 0.5) is 4.39 Å². The normalized spacial score (nSPS) is 22.3. The smallest absolute Gasteiger partial charge is 0.388 e. The molecule has 0 radical (unpaired) electrons. The third-order valence-corrected chi connectivity index (χ3v) is 2.89. The highest BCUT2D eigenvalue weighted by Crippen LogP contribution is 2.28. The van der Waals surface area contributed by atoms with Gasteiger partial charge in [-0.25, -0.2) is 18.7 Å². The molecule has 0 spiro atoms. The van der Waals surface area contributed by atoms with Crippen molar-refractivity contribution in [3.63, 3.8) is 0 Å². The van der Waals surface area contributed by atoms with E-state index < -0.39 is 71.1 Å². The second-order valence-corrected chi connectivity index (χ2v) is 8.82. The molecule has 1 amide bonds. The summed E-state index contributed by atoms with van der Waals surface area (Å²) in [5.41, 5.74) is 3.10. The highest BCUT2D eigenvalue weighted by atomic mass is 31.2. The zero-order valence-electron chi connectivity index (χ0n) is 16.4. The van der Waals surface area contributed by atoms with Crippen molar-refractivity contribution in [2.75, 3.05) is 0 Å². The van der Waals surface area contributed by atoms with Crippen molar-refractivity contribution in [2.24, 2.45) is 5.73 Å². The molecule has 2 rings (SSSR count). The number of nitrogens with zero attached hydrogens (tertiary/aromatic N) is 2. The minimum absolute atomic E-state index is 0.653. The minimum Gasteiger partial charge on any atom is -0.388 e. The highest BCUT2D eigenvalue weighted by molar-refractivity contribution is 7.45. The Kier molecular flexibility index (Phi) is 13.8. The molecule has 1 aromatic heterocycles. The second kappa shape index (κ2) is 13.5. The Bertz CT molecular complexity index is 944. The summed E-state index contributed by atoms with van der Waals surface area (Å²) in [5.74, 6) is -2.32. The molecule has 4 atom stereocenters. The van der Waals surface area contributed by atoms with Crippen LogP contribution in [0.25, 0.3) is 0 Å². The van der Waals surface area contributed by atoms with E-state index in [2.05, 4.69) is 4.98 Å². The van der Waals surface area contributed by atoms with Crippen LogP contribution in [0, 0.1) is 5.95 Å². The first-order chi connectivity index (χ1) is 14.8. The molecule has 0 saturated carbocycles. The van der Waals surface area contributed by atoms with Crippen LogP contribution >= 0.6 is 23.5 Å². The van der Waals surface area contributed by atoms with Crippen LogP contribution in [0.5, 0.6) is 0 Å². The van der Waals surface area contributed by atoms with Gasteiger partial charge in [-0.15, -0.1) is 0 Å². The third kappa shape index (κ3) is 17.9. The van der Waals surface area contributed by atoms with Crippen molar-refractivity contribution >= 4 is 29.4 Å². The molecule has 1 aliphatic heterocycles. The van der Waals surface area contributed by atoms with E-state index in [1.165, 1.54) is 6.92 Å². The lowest BCUT2D eigenvalue weighted by Gasteiger charge is -2.17. The monoisotopic (exact) mass is 567 g/mol. The number of phosphoric acid groups is 3. The predicted molar refractivity (Wildman–Crippen MR) is 101 cm³/mol. The zero-order chi connectivity index (χ0) is 27.8. The number of rotatable bonds is 2. The Balaban J connectivity index is 0. The number of hydrogen-bond donors (Lipinski definition) is 12. The van der Waals surface area contributed by atoms with Gasteiger partial charge in [-0.3, -0.25) is 14.2 Å². The fourth-order valence-corrected chi connectivity index (χ4v) is 1.89. The van der Waals surface area contributed by atoms with E-state index in [0.29, 0.717) is 10.8 Å². The summed E-state index contributed by atoms with van der Waals surface area (Å²) in [6.07, 6.45) is -4.05. The van der Waals surface area contributed by atoms with Crippen LogP contribution in [0.1, 0.15) is 23.6 Å². The number of nitrogens with two attached hydrogens (primary N) is 1. The average molecular weight is 567 g/mol. The maximum Gasteiger partial charge on any atom is 0.466 e. The SMILES string of the molecule is C[C@H]1O[C@@H](n2cc(F)nc(C(N)=O)c2=O)[C@H](O)[C@@H]1O.O=P(O)(O)O.O=P(O)(O)O.O=P(O)(O)O. The summed E-state index contributed by atoms with van der Waals surface area (Å²) in [6.45, 7) is 1.48. The molecule has 2 heterocycles. The lowest BCUT2D eigenvalue weighted by molar-refractivity contribution is -0.0351. The van der Waals surface area contributed by atoms with Gasteiger partial charge in [-0.05, 0) is 6.92 Å². The van der Waals surface area contributed by atoms with Crippen molar-refractivity contribution in [3.05, 3.63) is 28.2 Å². The van der Waals surface area contributed by atoms with Gasteiger partial charge < -0.3 is 64.7 Å². The number of aliphatic hydroxyl groups excluding tert-OH is 2. The van der Waals surface area contributed by atoms with E-state index in [1.807, 2.05) is 0 Å². The van der Waals surface area contributed by atoms with Gasteiger partial charge in [0, 0.05) is 0 Å². The summed E-state index contributed by atoms with van der Waals surface area (Å²) in [4.78, 5) is 90.6. The van der Waals surface area contributed by atoms with Crippen LogP contribution in [-0.4, -0.2) is 88.0 Å². The Morgan fingerprint density at radius 2 is 1.32 bits per heavy atom. The number of carbonyl (C=O) groups excluding carboxylic acids is 1. The van der Waals surface area contributed by atoms with Gasteiger partial charge >= 0.3 is 23.5 Å². The van der Waals surface area contributed by atoms with E-state index in [4.69, 9.17) is 68.2 Å². The first-order valence-corrected chi connectivity index (χ1v) is 12.5. The molecule has 0 bridgehead atoms.